The van der Waals surface area contributed by atoms with Gasteiger partial charge in [-0.3, -0.25) is 0 Å². The molecule has 5 nitrogen and oxygen atoms in total. The van der Waals surface area contributed by atoms with Crippen LogP contribution in [0.5, 0.6) is 0 Å². The molecular formula is C25H21ClN2O3S. The number of nitrogens with zero attached hydrogens (tertiary/aromatic N) is 2. The van der Waals surface area contributed by atoms with E-state index < -0.39 is 21.1 Å². The first-order valence-corrected chi connectivity index (χ1v) is 12.1. The number of benzene rings is 3. The van der Waals surface area contributed by atoms with Crippen molar-refractivity contribution >= 4 is 39.3 Å². The molecule has 0 saturated carbocycles. The Hall–Kier alpha value is -3.09. The second-order valence-electron chi connectivity index (χ2n) is 7.86. The molecule has 3 aromatic carbocycles. The highest BCUT2D eigenvalue weighted by Crippen LogP contribution is 2.52. The number of sulfonamides is 1. The smallest absolute Gasteiger partial charge is 0.267 e. The number of hydrogen-bond acceptors (Lipinski definition) is 4. The van der Waals surface area contributed by atoms with Crippen molar-refractivity contribution in [3.63, 3.8) is 0 Å². The topological polar surface area (TPSA) is 59.0 Å². The van der Waals surface area contributed by atoms with Gasteiger partial charge >= 0.3 is 0 Å². The number of rotatable bonds is 4. The molecule has 2 aliphatic heterocycles. The summed E-state index contributed by atoms with van der Waals surface area (Å²) in [6, 6.07) is 23.8. The average Bonchev–Trinajstić information content (AvgIpc) is 3.07. The van der Waals surface area contributed by atoms with Crippen LogP contribution in [0.1, 0.15) is 16.7 Å². The lowest BCUT2D eigenvalue weighted by molar-refractivity contribution is 0.148. The molecule has 3 aromatic rings. The third kappa shape index (κ3) is 3.40. The molecule has 0 bridgehead atoms. The first-order chi connectivity index (χ1) is 15.4. The number of ether oxygens (including phenoxy) is 1. The van der Waals surface area contributed by atoms with Crippen molar-refractivity contribution < 1.29 is 13.2 Å². The molecule has 0 aromatic heterocycles. The normalized spacial score (nSPS) is 22.2. The van der Waals surface area contributed by atoms with E-state index in [1.807, 2.05) is 55.5 Å². The number of halogens is 1. The molecule has 7 heteroatoms. The maximum Gasteiger partial charge on any atom is 0.267 e. The molecule has 0 amide bonds. The van der Waals surface area contributed by atoms with Crippen LogP contribution in [0, 0.1) is 6.92 Å². The van der Waals surface area contributed by atoms with Crippen LogP contribution < -0.4 is 4.31 Å². The van der Waals surface area contributed by atoms with Gasteiger partial charge in [0.2, 0.25) is 12.1 Å². The maximum absolute atomic E-state index is 13.7. The van der Waals surface area contributed by atoms with Crippen LogP contribution in [0.4, 0.5) is 5.69 Å². The van der Waals surface area contributed by atoms with Gasteiger partial charge in [0.05, 0.1) is 17.1 Å². The average molecular weight is 465 g/mol. The summed E-state index contributed by atoms with van der Waals surface area (Å²) in [5.74, 6) is 0.340. The first kappa shape index (κ1) is 20.8. The van der Waals surface area contributed by atoms with Crippen molar-refractivity contribution in [3.05, 3.63) is 102 Å². The molecule has 0 spiro atoms. The summed E-state index contributed by atoms with van der Waals surface area (Å²) in [4.78, 5) is 3.59. The van der Waals surface area contributed by atoms with Gasteiger partial charge in [0.15, 0.2) is 0 Å². The van der Waals surface area contributed by atoms with Crippen LogP contribution in [-0.4, -0.2) is 27.1 Å². The fourth-order valence-electron chi connectivity index (χ4n) is 4.01. The quantitative estimate of drug-likeness (QED) is 0.504. The predicted octanol–water partition coefficient (Wildman–Crippen LogP) is 5.11. The minimum absolute atomic E-state index is 0.186. The zero-order valence-electron chi connectivity index (χ0n) is 17.4. The van der Waals surface area contributed by atoms with Crippen molar-refractivity contribution in [1.82, 2.24) is 0 Å². The SMILES string of the molecule is Cc1ccc(S(=O)(=O)N2c3ccccc3[C@]3(Cl)CN=C(/C=C/c4ccccc4)O[C@H]23)cc1. The molecule has 2 atom stereocenters. The minimum Gasteiger partial charge on any atom is -0.450 e. The summed E-state index contributed by atoms with van der Waals surface area (Å²) in [5.41, 5.74) is 3.17. The summed E-state index contributed by atoms with van der Waals surface area (Å²) in [5, 5.41) is 0. The summed E-state index contributed by atoms with van der Waals surface area (Å²) in [7, 11) is -3.92. The number of aliphatic imine (C=N–C) groups is 1. The fraction of sp³-hybridized carbons (Fsp3) is 0.160. The largest absolute Gasteiger partial charge is 0.450 e. The van der Waals surface area contributed by atoms with E-state index in [1.165, 1.54) is 4.31 Å². The van der Waals surface area contributed by atoms with Gasteiger partial charge in [0.1, 0.15) is 4.87 Å². The van der Waals surface area contributed by atoms with E-state index in [4.69, 9.17) is 16.3 Å². The molecule has 0 radical (unpaired) electrons. The lowest BCUT2D eigenvalue weighted by atomic mass is 9.98. The third-order valence-electron chi connectivity index (χ3n) is 5.69. The molecule has 2 aliphatic rings. The zero-order valence-corrected chi connectivity index (χ0v) is 18.9. The van der Waals surface area contributed by atoms with E-state index in [0.29, 0.717) is 17.1 Å². The molecule has 162 valence electrons. The van der Waals surface area contributed by atoms with Crippen LogP contribution >= 0.6 is 11.6 Å². The van der Waals surface area contributed by atoms with Crippen molar-refractivity contribution in [2.45, 2.75) is 22.9 Å². The minimum atomic E-state index is -3.92. The fourth-order valence-corrected chi connectivity index (χ4v) is 6.03. The van der Waals surface area contributed by atoms with E-state index in [2.05, 4.69) is 4.99 Å². The van der Waals surface area contributed by atoms with Crippen molar-refractivity contribution in [2.75, 3.05) is 10.8 Å². The molecule has 2 heterocycles. The summed E-state index contributed by atoms with van der Waals surface area (Å²) in [6.07, 6.45) is 2.66. The second-order valence-corrected chi connectivity index (χ2v) is 10.4. The number of fused-ring (bicyclic) bond motifs is 3. The van der Waals surface area contributed by atoms with E-state index in [-0.39, 0.29) is 11.4 Å². The molecule has 5 rings (SSSR count). The lowest BCUT2D eigenvalue weighted by Gasteiger charge is -2.36. The van der Waals surface area contributed by atoms with Crippen molar-refractivity contribution in [1.29, 1.82) is 0 Å². The lowest BCUT2D eigenvalue weighted by Crippen LogP contribution is -2.51. The number of anilines is 1. The molecule has 0 N–H and O–H groups in total. The van der Waals surface area contributed by atoms with E-state index in [9.17, 15) is 8.42 Å². The Morgan fingerprint density at radius 3 is 2.44 bits per heavy atom. The van der Waals surface area contributed by atoms with Crippen LogP contribution in [0.25, 0.3) is 6.08 Å². The molecule has 0 saturated heterocycles. The molecule has 0 fully saturated rings. The van der Waals surface area contributed by atoms with Gasteiger partial charge in [0.25, 0.3) is 10.0 Å². The summed E-state index contributed by atoms with van der Waals surface area (Å²) < 4.78 is 34.9. The Labute approximate surface area is 192 Å². The van der Waals surface area contributed by atoms with Gasteiger partial charge in [0, 0.05) is 11.6 Å². The first-order valence-electron chi connectivity index (χ1n) is 10.2. The highest BCUT2D eigenvalue weighted by atomic mass is 35.5. The molecule has 0 unspecified atom stereocenters. The zero-order chi connectivity index (χ0) is 22.3. The number of hydrogen-bond donors (Lipinski definition) is 0. The number of aryl methyl sites for hydroxylation is 1. The number of alkyl halides is 1. The Bertz CT molecular complexity index is 1320. The summed E-state index contributed by atoms with van der Waals surface area (Å²) >= 11 is 7.04. The Balaban J connectivity index is 1.56. The van der Waals surface area contributed by atoms with Gasteiger partial charge in [-0.25, -0.2) is 17.7 Å². The van der Waals surface area contributed by atoms with Crippen LogP contribution in [0.2, 0.25) is 0 Å². The van der Waals surface area contributed by atoms with E-state index in [0.717, 1.165) is 11.1 Å². The third-order valence-corrected chi connectivity index (χ3v) is 7.97. The highest BCUT2D eigenvalue weighted by Gasteiger charge is 2.57. The van der Waals surface area contributed by atoms with Gasteiger partial charge in [-0.15, -0.1) is 11.6 Å². The maximum atomic E-state index is 13.7. The predicted molar refractivity (Wildman–Crippen MR) is 127 cm³/mol. The second kappa shape index (κ2) is 7.80. The standard InChI is InChI=1S/C25H21ClN2O3S/c1-18-11-14-20(15-12-18)32(29,30)28-22-10-6-5-9-21(22)25(26)17-27-23(31-24(25)28)16-13-19-7-3-2-4-8-19/h2-16,24H,17H2,1H3/b16-13+/t24-,25+/m0/s1. The highest BCUT2D eigenvalue weighted by molar-refractivity contribution is 7.92. The van der Waals surface area contributed by atoms with Gasteiger partial charge in [-0.2, -0.15) is 0 Å². The molecule has 0 aliphatic carbocycles. The van der Waals surface area contributed by atoms with Crippen molar-refractivity contribution in [2.24, 2.45) is 4.99 Å². The Morgan fingerprint density at radius 2 is 1.69 bits per heavy atom. The summed E-state index contributed by atoms with van der Waals surface area (Å²) in [6.45, 7) is 2.11. The van der Waals surface area contributed by atoms with Crippen molar-refractivity contribution in [3.8, 4) is 0 Å². The number of para-hydroxylation sites is 1. The monoisotopic (exact) mass is 464 g/mol. The van der Waals surface area contributed by atoms with Crippen LogP contribution in [0.3, 0.4) is 0 Å². The van der Waals surface area contributed by atoms with Gasteiger partial charge in [-0.05, 0) is 36.8 Å². The van der Waals surface area contributed by atoms with Gasteiger partial charge in [-0.1, -0.05) is 66.2 Å². The van der Waals surface area contributed by atoms with E-state index >= 15 is 0 Å². The van der Waals surface area contributed by atoms with Crippen LogP contribution in [0.15, 0.2) is 94.8 Å². The van der Waals surface area contributed by atoms with E-state index in [1.54, 1.807) is 42.5 Å². The molecular weight excluding hydrogens is 444 g/mol. The molecule has 32 heavy (non-hydrogen) atoms. The Morgan fingerprint density at radius 1 is 1.00 bits per heavy atom. The Kier molecular flexibility index (Phi) is 5.07. The van der Waals surface area contributed by atoms with Gasteiger partial charge < -0.3 is 4.74 Å². The van der Waals surface area contributed by atoms with Crippen LogP contribution in [-0.2, 0) is 19.6 Å².